The fourth-order valence-corrected chi connectivity index (χ4v) is 3.01. The minimum atomic E-state index is -0.545. The van der Waals surface area contributed by atoms with E-state index < -0.39 is 11.3 Å². The van der Waals surface area contributed by atoms with Crippen LogP contribution >= 0.6 is 0 Å². The van der Waals surface area contributed by atoms with Crippen molar-refractivity contribution in [3.8, 4) is 16.9 Å². The summed E-state index contributed by atoms with van der Waals surface area (Å²) in [6.45, 7) is 4.40. The van der Waals surface area contributed by atoms with Crippen LogP contribution in [0.15, 0.2) is 84.7 Å². The van der Waals surface area contributed by atoms with Gasteiger partial charge in [0, 0.05) is 28.5 Å². The van der Waals surface area contributed by atoms with E-state index in [4.69, 9.17) is 13.6 Å². The molecule has 5 nitrogen and oxygen atoms in total. The molecule has 0 aliphatic rings. The summed E-state index contributed by atoms with van der Waals surface area (Å²) in [5, 5.41) is 1.41. The van der Waals surface area contributed by atoms with E-state index in [1.54, 1.807) is 36.4 Å². The molecule has 0 radical (unpaired) electrons. The molecule has 0 saturated heterocycles. The standard InChI is InChI=1S/C23H18O5/c1-14(2)9-10-26-16-7-8-17-18(13-22(24)27-21(17)12-16)19-11-15-5-3-4-6-20(15)28-23(19)25/h3-9,11-13H,10H2,1-2H3. The number of ether oxygens (including phenoxy) is 1. The number of fused-ring (bicyclic) bond motifs is 2. The van der Waals surface area contributed by atoms with Crippen molar-refractivity contribution in [3.63, 3.8) is 0 Å². The summed E-state index contributed by atoms with van der Waals surface area (Å²) in [7, 11) is 0. The van der Waals surface area contributed by atoms with E-state index in [-0.39, 0.29) is 0 Å². The zero-order valence-electron chi connectivity index (χ0n) is 15.5. The van der Waals surface area contributed by atoms with Gasteiger partial charge in [0.25, 0.3) is 0 Å². The molecule has 0 fully saturated rings. The van der Waals surface area contributed by atoms with E-state index >= 15 is 0 Å². The molecule has 0 aliphatic carbocycles. The second-order valence-electron chi connectivity index (χ2n) is 6.71. The second-order valence-corrected chi connectivity index (χ2v) is 6.71. The first-order valence-electron chi connectivity index (χ1n) is 8.88. The summed E-state index contributed by atoms with van der Waals surface area (Å²) in [4.78, 5) is 24.6. The third-order valence-electron chi connectivity index (χ3n) is 4.39. The maximum absolute atomic E-state index is 12.5. The predicted molar refractivity (Wildman–Crippen MR) is 109 cm³/mol. The summed E-state index contributed by atoms with van der Waals surface area (Å²) >= 11 is 0. The van der Waals surface area contributed by atoms with Gasteiger partial charge in [-0.3, -0.25) is 0 Å². The maximum atomic E-state index is 12.5. The first kappa shape index (κ1) is 17.8. The van der Waals surface area contributed by atoms with Crippen molar-refractivity contribution in [3.05, 3.63) is 87.1 Å². The zero-order chi connectivity index (χ0) is 19.7. The Morgan fingerprint density at radius 2 is 1.75 bits per heavy atom. The molecule has 2 aromatic carbocycles. The molecule has 0 atom stereocenters. The average molecular weight is 374 g/mol. The zero-order valence-corrected chi connectivity index (χ0v) is 15.5. The Morgan fingerprint density at radius 1 is 0.929 bits per heavy atom. The van der Waals surface area contributed by atoms with Crippen molar-refractivity contribution in [2.75, 3.05) is 6.61 Å². The molecule has 2 heterocycles. The van der Waals surface area contributed by atoms with Gasteiger partial charge in [0.2, 0.25) is 0 Å². The lowest BCUT2D eigenvalue weighted by Gasteiger charge is -2.08. The van der Waals surface area contributed by atoms with Crippen molar-refractivity contribution in [1.82, 2.24) is 0 Å². The molecule has 4 aromatic rings. The SMILES string of the molecule is CC(C)=CCOc1ccc2c(-c3cc4ccccc4oc3=O)cc(=O)oc2c1. The highest BCUT2D eigenvalue weighted by molar-refractivity contribution is 5.95. The molecule has 28 heavy (non-hydrogen) atoms. The normalized spacial score (nSPS) is 10.9. The highest BCUT2D eigenvalue weighted by atomic mass is 16.5. The largest absolute Gasteiger partial charge is 0.489 e. The lowest BCUT2D eigenvalue weighted by Crippen LogP contribution is -2.06. The highest BCUT2D eigenvalue weighted by Gasteiger charge is 2.14. The molecule has 0 bridgehead atoms. The van der Waals surface area contributed by atoms with Gasteiger partial charge in [-0.25, -0.2) is 9.59 Å². The van der Waals surface area contributed by atoms with Gasteiger partial charge in [0.05, 0.1) is 5.56 Å². The summed E-state index contributed by atoms with van der Waals surface area (Å²) < 4.78 is 16.4. The number of allylic oxidation sites excluding steroid dienone is 1. The number of rotatable bonds is 4. The summed E-state index contributed by atoms with van der Waals surface area (Å²) in [6, 6.07) is 15.5. The van der Waals surface area contributed by atoms with Gasteiger partial charge in [-0.05, 0) is 44.2 Å². The minimum absolute atomic E-state index is 0.315. The Labute approximate surface area is 160 Å². The van der Waals surface area contributed by atoms with E-state index in [1.807, 2.05) is 32.1 Å². The van der Waals surface area contributed by atoms with Crippen LogP contribution in [0.2, 0.25) is 0 Å². The smallest absolute Gasteiger partial charge is 0.344 e. The fraction of sp³-hybridized carbons (Fsp3) is 0.130. The second kappa shape index (κ2) is 7.19. The van der Waals surface area contributed by atoms with E-state index in [1.165, 1.54) is 6.07 Å². The minimum Gasteiger partial charge on any atom is -0.489 e. The average Bonchev–Trinajstić information content (AvgIpc) is 2.66. The van der Waals surface area contributed by atoms with Crippen LogP contribution in [0.1, 0.15) is 13.8 Å². The molecule has 0 unspecified atom stereocenters. The van der Waals surface area contributed by atoms with E-state index in [0.29, 0.717) is 40.0 Å². The van der Waals surface area contributed by atoms with Gasteiger partial charge in [-0.2, -0.15) is 0 Å². The lowest BCUT2D eigenvalue weighted by molar-refractivity contribution is 0.361. The van der Waals surface area contributed by atoms with Crippen LogP contribution in [0.25, 0.3) is 33.1 Å². The molecular weight excluding hydrogens is 356 g/mol. The topological polar surface area (TPSA) is 69.7 Å². The van der Waals surface area contributed by atoms with Gasteiger partial charge < -0.3 is 13.6 Å². The van der Waals surface area contributed by atoms with Crippen LogP contribution in [0, 0.1) is 0 Å². The van der Waals surface area contributed by atoms with Gasteiger partial charge >= 0.3 is 11.3 Å². The Balaban J connectivity index is 1.86. The van der Waals surface area contributed by atoms with Gasteiger partial charge in [0.15, 0.2) is 0 Å². The van der Waals surface area contributed by atoms with Crippen molar-refractivity contribution in [2.45, 2.75) is 13.8 Å². The van der Waals surface area contributed by atoms with Crippen molar-refractivity contribution in [1.29, 1.82) is 0 Å². The molecule has 4 rings (SSSR count). The fourth-order valence-electron chi connectivity index (χ4n) is 3.01. The molecule has 0 N–H and O–H groups in total. The highest BCUT2D eigenvalue weighted by Crippen LogP contribution is 2.29. The Kier molecular flexibility index (Phi) is 4.57. The van der Waals surface area contributed by atoms with Crippen LogP contribution < -0.4 is 16.0 Å². The van der Waals surface area contributed by atoms with Crippen molar-refractivity contribution < 1.29 is 13.6 Å². The van der Waals surface area contributed by atoms with Gasteiger partial charge in [-0.15, -0.1) is 0 Å². The molecule has 2 aromatic heterocycles. The molecule has 0 aliphatic heterocycles. The number of hydrogen-bond acceptors (Lipinski definition) is 5. The molecule has 140 valence electrons. The summed E-state index contributed by atoms with van der Waals surface area (Å²) in [5.41, 5.74) is 1.74. The number of benzene rings is 2. The molecule has 0 spiro atoms. The van der Waals surface area contributed by atoms with Crippen molar-refractivity contribution in [2.24, 2.45) is 0 Å². The number of hydrogen-bond donors (Lipinski definition) is 0. The first-order chi connectivity index (χ1) is 13.5. The van der Waals surface area contributed by atoms with Crippen LogP contribution in [0.4, 0.5) is 0 Å². The Bertz CT molecular complexity index is 1320. The van der Waals surface area contributed by atoms with Crippen LogP contribution in [-0.4, -0.2) is 6.61 Å². The van der Waals surface area contributed by atoms with Gasteiger partial charge in [-0.1, -0.05) is 23.8 Å². The molecular formula is C23H18O5. The molecule has 0 saturated carbocycles. The molecule has 0 amide bonds. The first-order valence-corrected chi connectivity index (χ1v) is 8.88. The van der Waals surface area contributed by atoms with Crippen molar-refractivity contribution >= 4 is 21.9 Å². The third-order valence-corrected chi connectivity index (χ3v) is 4.39. The number of para-hydroxylation sites is 1. The lowest BCUT2D eigenvalue weighted by atomic mass is 10.0. The van der Waals surface area contributed by atoms with Crippen LogP contribution in [0.3, 0.4) is 0 Å². The predicted octanol–water partition coefficient (Wildman–Crippen LogP) is 4.91. The third kappa shape index (κ3) is 3.47. The molecule has 5 heteroatoms. The summed E-state index contributed by atoms with van der Waals surface area (Å²) in [5.74, 6) is 0.579. The van der Waals surface area contributed by atoms with E-state index in [2.05, 4.69) is 0 Å². The van der Waals surface area contributed by atoms with Crippen LogP contribution in [-0.2, 0) is 0 Å². The van der Waals surface area contributed by atoms with Gasteiger partial charge in [0.1, 0.15) is 23.5 Å². The Morgan fingerprint density at radius 3 is 2.57 bits per heavy atom. The van der Waals surface area contributed by atoms with E-state index in [9.17, 15) is 9.59 Å². The summed E-state index contributed by atoms with van der Waals surface area (Å²) in [6.07, 6.45) is 1.96. The van der Waals surface area contributed by atoms with E-state index in [0.717, 1.165) is 11.0 Å². The monoisotopic (exact) mass is 374 g/mol. The quantitative estimate of drug-likeness (QED) is 0.375. The Hall–Kier alpha value is -3.60. The maximum Gasteiger partial charge on any atom is 0.344 e. The van der Waals surface area contributed by atoms with Crippen LogP contribution in [0.5, 0.6) is 5.75 Å².